The SMILES string of the molecule is CC(=O)Nc1ccc([As](=O)([O-])[O-])cc1.[H+].[Na+]. The third kappa shape index (κ3) is 5.02. The Labute approximate surface area is 114 Å². The molecule has 0 fully saturated rings. The minimum absolute atomic E-state index is 0. The molecule has 5 nitrogen and oxygen atoms in total. The predicted molar refractivity (Wildman–Crippen MR) is 47.9 cm³/mol. The van der Waals surface area contributed by atoms with Crippen LogP contribution in [0.15, 0.2) is 24.3 Å². The van der Waals surface area contributed by atoms with E-state index in [0.717, 1.165) is 0 Å². The normalized spacial score (nSPS) is 10.3. The molecule has 76 valence electrons. The van der Waals surface area contributed by atoms with E-state index < -0.39 is 14.2 Å². The predicted octanol–water partition coefficient (Wildman–Crippen LogP) is -4.94. The summed E-state index contributed by atoms with van der Waals surface area (Å²) in [5.74, 6) is -0.254. The smallest absolute Gasteiger partial charge is 1.00 e. The number of anilines is 1. The average molecular weight is 281 g/mol. The first-order valence-corrected chi connectivity index (χ1v) is 7.03. The second-order valence-electron chi connectivity index (χ2n) is 2.73. The van der Waals surface area contributed by atoms with Crippen molar-refractivity contribution >= 4 is 30.1 Å². The molecular weight excluding hydrogens is 272 g/mol. The zero-order valence-electron chi connectivity index (χ0n) is 9.39. The molecule has 0 radical (unpaired) electrons. The van der Waals surface area contributed by atoms with Crippen LogP contribution in [0.25, 0.3) is 0 Å². The number of hydrogen-bond donors (Lipinski definition) is 1. The van der Waals surface area contributed by atoms with Crippen LogP contribution in [-0.4, -0.2) is 20.1 Å². The molecule has 15 heavy (non-hydrogen) atoms. The molecule has 0 aliphatic rings. The van der Waals surface area contributed by atoms with Gasteiger partial charge in [0.2, 0.25) is 0 Å². The molecule has 1 amide bonds. The molecule has 1 aromatic rings. The first kappa shape index (κ1) is 15.0. The van der Waals surface area contributed by atoms with Gasteiger partial charge in [0.25, 0.3) is 0 Å². The van der Waals surface area contributed by atoms with E-state index in [2.05, 4.69) is 5.32 Å². The topological polar surface area (TPSA) is 92.3 Å². The van der Waals surface area contributed by atoms with Gasteiger partial charge in [-0.25, -0.2) is 0 Å². The maximum atomic E-state index is 10.6. The van der Waals surface area contributed by atoms with E-state index in [-0.39, 0.29) is 41.2 Å². The van der Waals surface area contributed by atoms with Crippen LogP contribution in [0.3, 0.4) is 0 Å². The Bertz CT molecular complexity index is 392. The molecule has 0 aliphatic carbocycles. The molecule has 0 bridgehead atoms. The van der Waals surface area contributed by atoms with Gasteiger partial charge in [0, 0.05) is 0 Å². The van der Waals surface area contributed by atoms with Crippen LogP contribution < -0.4 is 47.4 Å². The number of benzene rings is 1. The summed E-state index contributed by atoms with van der Waals surface area (Å²) in [4.78, 5) is 10.6. The minimum Gasteiger partial charge on any atom is 1.00 e. The van der Waals surface area contributed by atoms with Crippen molar-refractivity contribution in [1.82, 2.24) is 0 Å². The largest absolute Gasteiger partial charge is 1.00 e. The Kier molecular flexibility index (Phi) is 5.88. The summed E-state index contributed by atoms with van der Waals surface area (Å²) in [6, 6.07) is 5.12. The molecule has 0 saturated carbocycles. The van der Waals surface area contributed by atoms with Gasteiger partial charge in [-0.15, -0.1) is 0 Å². The third-order valence-corrected chi connectivity index (χ3v) is 3.46. The zero-order chi connectivity index (χ0) is 10.8. The van der Waals surface area contributed by atoms with Crippen molar-refractivity contribution in [2.45, 2.75) is 6.92 Å². The fourth-order valence-corrected chi connectivity index (χ4v) is 2.01. The van der Waals surface area contributed by atoms with Crippen LogP contribution in [0.4, 0.5) is 5.69 Å². The maximum absolute atomic E-state index is 10.6. The van der Waals surface area contributed by atoms with Gasteiger partial charge in [0.05, 0.1) is 0 Å². The summed E-state index contributed by atoms with van der Waals surface area (Å²) in [7, 11) is 0. The number of carbonyl (C=O) groups is 1. The summed E-state index contributed by atoms with van der Waals surface area (Å²) >= 11 is -5.28. The van der Waals surface area contributed by atoms with Gasteiger partial charge in [-0.2, -0.15) is 0 Å². The molecule has 0 atom stereocenters. The first-order chi connectivity index (χ1) is 6.39. The van der Waals surface area contributed by atoms with E-state index in [9.17, 15) is 16.7 Å². The van der Waals surface area contributed by atoms with Crippen LogP contribution in [-0.2, 0) is 8.53 Å². The number of amides is 1. The van der Waals surface area contributed by atoms with Crippen molar-refractivity contribution < 1.29 is 47.7 Å². The first-order valence-electron chi connectivity index (χ1n) is 3.80. The second-order valence-corrected chi connectivity index (χ2v) is 5.90. The van der Waals surface area contributed by atoms with Crippen molar-refractivity contribution in [3.05, 3.63) is 24.3 Å². The maximum Gasteiger partial charge on any atom is 1.00 e. The van der Waals surface area contributed by atoms with Gasteiger partial charge in [-0.1, -0.05) is 0 Å². The number of hydrogen-bond acceptors (Lipinski definition) is 4. The Morgan fingerprint density at radius 3 is 2.13 bits per heavy atom. The molecule has 1 rings (SSSR count). The molecule has 1 N–H and O–H groups in total. The third-order valence-electron chi connectivity index (χ3n) is 1.50. The Morgan fingerprint density at radius 1 is 1.33 bits per heavy atom. The Hall–Kier alpha value is -0.0316. The molecule has 0 aromatic heterocycles. The number of carbonyl (C=O) groups excluding carboxylic acids is 1. The van der Waals surface area contributed by atoms with E-state index in [1.165, 1.54) is 31.2 Å². The molecule has 0 saturated heterocycles. The van der Waals surface area contributed by atoms with E-state index >= 15 is 0 Å². The fraction of sp³-hybridized carbons (Fsp3) is 0.125. The van der Waals surface area contributed by atoms with Crippen molar-refractivity contribution in [2.75, 3.05) is 5.32 Å². The standard InChI is InChI=1S/C8H10AsNO4.Na/c1-6(11)10-8-4-2-7(3-5-8)9(12,13)14;/h2-5H,1H3,(H,10,11)(H2,12,13,14);/q;+1/p-1. The summed E-state index contributed by atoms with van der Waals surface area (Å²) in [5, 5.41) is 2.46. The molecule has 0 unspecified atom stereocenters. The quantitative estimate of drug-likeness (QED) is 0.550. The summed E-state index contributed by atoms with van der Waals surface area (Å²) in [5.41, 5.74) is 0.463. The number of rotatable bonds is 2. The molecule has 1 aromatic carbocycles. The second kappa shape index (κ2) is 5.89. The van der Waals surface area contributed by atoms with Crippen LogP contribution in [0.5, 0.6) is 0 Å². The van der Waals surface area contributed by atoms with Crippen molar-refractivity contribution in [2.24, 2.45) is 0 Å². The van der Waals surface area contributed by atoms with E-state index in [1.54, 1.807) is 0 Å². The van der Waals surface area contributed by atoms with Gasteiger partial charge in [0.1, 0.15) is 0 Å². The summed E-state index contributed by atoms with van der Waals surface area (Å²) < 4.78 is 31.6. The molecule has 0 aliphatic heterocycles. The van der Waals surface area contributed by atoms with Gasteiger partial charge in [-0.05, 0) is 0 Å². The fourth-order valence-electron chi connectivity index (χ4n) is 0.931. The minimum atomic E-state index is -5.28. The van der Waals surface area contributed by atoms with Gasteiger partial charge < -0.3 is 0 Å². The Morgan fingerprint density at radius 2 is 1.80 bits per heavy atom. The summed E-state index contributed by atoms with van der Waals surface area (Å²) in [6.07, 6.45) is 0. The molecule has 7 heteroatoms. The average Bonchev–Trinajstić information content (AvgIpc) is 2.02. The Balaban J connectivity index is 0. The van der Waals surface area contributed by atoms with Crippen LogP contribution in [0, 0.1) is 0 Å². The van der Waals surface area contributed by atoms with Crippen molar-refractivity contribution in [1.29, 1.82) is 0 Å². The number of nitrogens with one attached hydrogen (secondary N) is 1. The zero-order valence-corrected chi connectivity index (χ0v) is 12.3. The van der Waals surface area contributed by atoms with E-state index in [1.807, 2.05) is 0 Å². The van der Waals surface area contributed by atoms with Gasteiger partial charge in [0.15, 0.2) is 0 Å². The van der Waals surface area contributed by atoms with Gasteiger partial charge >= 0.3 is 114 Å². The summed E-state index contributed by atoms with van der Waals surface area (Å²) in [6.45, 7) is 1.34. The van der Waals surface area contributed by atoms with E-state index in [0.29, 0.717) is 5.69 Å². The van der Waals surface area contributed by atoms with Crippen LogP contribution in [0.1, 0.15) is 8.35 Å². The van der Waals surface area contributed by atoms with Crippen LogP contribution >= 0.6 is 0 Å². The molecular formula is C8H9AsNNaO4. The van der Waals surface area contributed by atoms with Crippen molar-refractivity contribution in [3.8, 4) is 0 Å². The van der Waals surface area contributed by atoms with Crippen molar-refractivity contribution in [3.63, 3.8) is 0 Å². The van der Waals surface area contributed by atoms with E-state index in [4.69, 9.17) is 0 Å². The van der Waals surface area contributed by atoms with Gasteiger partial charge in [-0.3, -0.25) is 0 Å². The monoisotopic (exact) mass is 281 g/mol. The molecule has 0 heterocycles. The molecule has 0 spiro atoms. The van der Waals surface area contributed by atoms with Crippen LogP contribution in [0.2, 0.25) is 0 Å².